The molecule has 1 heterocycles. The van der Waals surface area contributed by atoms with Crippen LogP contribution in [0, 0.1) is 5.92 Å². The largest absolute Gasteiger partial charge is 0.496 e. The molecule has 1 aliphatic heterocycles. The number of carbonyl (C=O) groups is 1. The summed E-state index contributed by atoms with van der Waals surface area (Å²) < 4.78 is 11.6. The molecular weight excluding hydrogens is 300 g/mol. The van der Waals surface area contributed by atoms with Crippen molar-refractivity contribution in [2.24, 2.45) is 5.92 Å². The second kappa shape index (κ2) is 5.71. The van der Waals surface area contributed by atoms with Crippen molar-refractivity contribution in [2.45, 2.75) is 18.9 Å². The van der Waals surface area contributed by atoms with Crippen molar-refractivity contribution in [2.75, 3.05) is 13.7 Å². The zero-order valence-electron chi connectivity index (χ0n) is 10.1. The van der Waals surface area contributed by atoms with Gasteiger partial charge in [-0.1, -0.05) is 6.07 Å². The Morgan fingerprint density at radius 3 is 2.94 bits per heavy atom. The van der Waals surface area contributed by atoms with E-state index in [4.69, 9.17) is 9.47 Å². The maximum Gasteiger partial charge on any atom is 0.309 e. The van der Waals surface area contributed by atoms with Gasteiger partial charge in [0.2, 0.25) is 0 Å². The van der Waals surface area contributed by atoms with Crippen LogP contribution in [-0.2, 0) is 9.53 Å². The molecule has 4 nitrogen and oxygen atoms in total. The van der Waals surface area contributed by atoms with Crippen LogP contribution < -0.4 is 4.74 Å². The summed E-state index contributed by atoms with van der Waals surface area (Å²) in [5.41, 5.74) is 0.870. The van der Waals surface area contributed by atoms with E-state index in [9.17, 15) is 9.90 Å². The standard InChI is InChI=1S/C13H15BrO4/c1-17-11-5-4-8(7-10(11)14)12-9(13(15)16)3-2-6-18-12/h4-5,7,9,12H,2-3,6H2,1H3,(H,15,16). The average molecular weight is 315 g/mol. The summed E-state index contributed by atoms with van der Waals surface area (Å²) in [5.74, 6) is -0.549. The van der Waals surface area contributed by atoms with Gasteiger partial charge in [0.05, 0.1) is 23.6 Å². The predicted octanol–water partition coefficient (Wildman–Crippen LogP) is 3.01. The summed E-state index contributed by atoms with van der Waals surface area (Å²) in [6.45, 7) is 0.609. The van der Waals surface area contributed by atoms with Gasteiger partial charge in [-0.2, -0.15) is 0 Å². The van der Waals surface area contributed by atoms with Crippen LogP contribution in [0.3, 0.4) is 0 Å². The maximum atomic E-state index is 11.2. The van der Waals surface area contributed by atoms with Crippen molar-refractivity contribution < 1.29 is 19.4 Å². The molecule has 2 atom stereocenters. The van der Waals surface area contributed by atoms with Gasteiger partial charge in [-0.15, -0.1) is 0 Å². The van der Waals surface area contributed by atoms with Crippen LogP contribution >= 0.6 is 15.9 Å². The summed E-state index contributed by atoms with van der Waals surface area (Å²) in [5, 5.41) is 9.22. The number of halogens is 1. The van der Waals surface area contributed by atoms with E-state index in [1.165, 1.54) is 0 Å². The topological polar surface area (TPSA) is 55.8 Å². The van der Waals surface area contributed by atoms with Gasteiger partial charge >= 0.3 is 5.97 Å². The first-order valence-corrected chi connectivity index (χ1v) is 6.60. The number of methoxy groups -OCH3 is 1. The molecule has 5 heteroatoms. The number of aliphatic carboxylic acids is 1. The molecule has 1 aromatic carbocycles. The van der Waals surface area contributed by atoms with Gasteiger partial charge < -0.3 is 14.6 Å². The maximum absolute atomic E-state index is 11.2. The Hall–Kier alpha value is -1.07. The van der Waals surface area contributed by atoms with E-state index in [1.54, 1.807) is 7.11 Å². The van der Waals surface area contributed by atoms with Gasteiger partial charge in [-0.25, -0.2) is 0 Å². The minimum absolute atomic E-state index is 0.376. The highest BCUT2D eigenvalue weighted by atomic mass is 79.9. The molecule has 98 valence electrons. The fourth-order valence-corrected chi connectivity index (χ4v) is 2.78. The predicted molar refractivity (Wildman–Crippen MR) is 69.7 cm³/mol. The minimum atomic E-state index is -0.799. The summed E-state index contributed by atoms with van der Waals surface area (Å²) in [4.78, 5) is 11.2. The number of carboxylic acids is 1. The lowest BCUT2D eigenvalue weighted by atomic mass is 9.89. The third-order valence-electron chi connectivity index (χ3n) is 3.14. The first kappa shape index (κ1) is 13.4. The van der Waals surface area contributed by atoms with Crippen molar-refractivity contribution in [1.82, 2.24) is 0 Å². The number of ether oxygens (including phenoxy) is 2. The average Bonchev–Trinajstić information content (AvgIpc) is 2.38. The van der Waals surface area contributed by atoms with Crippen molar-refractivity contribution in [3.8, 4) is 5.75 Å². The molecule has 2 unspecified atom stereocenters. The zero-order valence-corrected chi connectivity index (χ0v) is 11.6. The highest BCUT2D eigenvalue weighted by Crippen LogP contribution is 2.36. The summed E-state index contributed by atoms with van der Waals surface area (Å²) in [6, 6.07) is 5.54. The van der Waals surface area contributed by atoms with Crippen molar-refractivity contribution in [3.05, 3.63) is 28.2 Å². The van der Waals surface area contributed by atoms with Crippen molar-refractivity contribution >= 4 is 21.9 Å². The first-order valence-electron chi connectivity index (χ1n) is 5.81. The number of benzene rings is 1. The SMILES string of the molecule is COc1ccc(C2OCCCC2C(=O)O)cc1Br. The minimum Gasteiger partial charge on any atom is -0.496 e. The van der Waals surface area contributed by atoms with Crippen LogP contribution in [0.1, 0.15) is 24.5 Å². The first-order chi connectivity index (χ1) is 8.63. The molecule has 1 aliphatic rings. The molecular formula is C13H15BrO4. The monoisotopic (exact) mass is 314 g/mol. The highest BCUT2D eigenvalue weighted by molar-refractivity contribution is 9.10. The van der Waals surface area contributed by atoms with Gasteiger partial charge in [0.15, 0.2) is 0 Å². The fraction of sp³-hybridized carbons (Fsp3) is 0.462. The normalized spacial score (nSPS) is 23.7. The lowest BCUT2D eigenvalue weighted by Gasteiger charge is -2.29. The van der Waals surface area contributed by atoms with Gasteiger partial charge in [0, 0.05) is 6.61 Å². The molecule has 0 radical (unpaired) electrons. The van der Waals surface area contributed by atoms with Gasteiger partial charge in [0.25, 0.3) is 0 Å². The molecule has 18 heavy (non-hydrogen) atoms. The molecule has 0 bridgehead atoms. The van der Waals surface area contributed by atoms with Gasteiger partial charge in [-0.3, -0.25) is 4.79 Å². The Kier molecular flexibility index (Phi) is 4.24. The lowest BCUT2D eigenvalue weighted by molar-refractivity contribution is -0.151. The molecule has 0 amide bonds. The summed E-state index contributed by atoms with van der Waals surface area (Å²) >= 11 is 3.40. The van der Waals surface area contributed by atoms with Crippen molar-refractivity contribution in [3.63, 3.8) is 0 Å². The Balaban J connectivity index is 2.28. The van der Waals surface area contributed by atoms with Gasteiger partial charge in [-0.05, 0) is 46.5 Å². The Morgan fingerprint density at radius 1 is 1.56 bits per heavy atom. The molecule has 0 aliphatic carbocycles. The quantitative estimate of drug-likeness (QED) is 0.931. The molecule has 1 fully saturated rings. The molecule has 1 N–H and O–H groups in total. The zero-order chi connectivity index (χ0) is 13.1. The third-order valence-corrected chi connectivity index (χ3v) is 3.76. The highest BCUT2D eigenvalue weighted by Gasteiger charge is 2.33. The van der Waals surface area contributed by atoms with E-state index in [-0.39, 0.29) is 6.10 Å². The Labute approximate surface area is 114 Å². The van der Waals surface area contributed by atoms with E-state index in [1.807, 2.05) is 18.2 Å². The second-order valence-electron chi connectivity index (χ2n) is 4.27. The van der Waals surface area contributed by atoms with Crippen molar-refractivity contribution in [1.29, 1.82) is 0 Å². The molecule has 1 aromatic rings. The fourth-order valence-electron chi connectivity index (χ4n) is 2.22. The molecule has 0 aromatic heterocycles. The number of hydrogen-bond acceptors (Lipinski definition) is 3. The van der Waals surface area contributed by atoms with Crippen LogP contribution in [0.4, 0.5) is 0 Å². The van der Waals surface area contributed by atoms with Crippen LogP contribution in [0.25, 0.3) is 0 Å². The third kappa shape index (κ3) is 2.67. The smallest absolute Gasteiger partial charge is 0.309 e. The van der Waals surface area contributed by atoms with Crippen LogP contribution in [0.5, 0.6) is 5.75 Å². The number of rotatable bonds is 3. The molecule has 0 spiro atoms. The molecule has 2 rings (SSSR count). The Bertz CT molecular complexity index is 447. The van der Waals surface area contributed by atoms with E-state index < -0.39 is 11.9 Å². The van der Waals surface area contributed by atoms with Crippen LogP contribution in [0.2, 0.25) is 0 Å². The summed E-state index contributed by atoms with van der Waals surface area (Å²) in [6.07, 6.45) is 1.08. The number of hydrogen-bond donors (Lipinski definition) is 1. The van der Waals surface area contributed by atoms with Crippen LogP contribution in [-0.4, -0.2) is 24.8 Å². The van der Waals surface area contributed by atoms with E-state index in [2.05, 4.69) is 15.9 Å². The van der Waals surface area contributed by atoms with E-state index >= 15 is 0 Å². The summed E-state index contributed by atoms with van der Waals surface area (Å²) in [7, 11) is 1.59. The lowest BCUT2D eigenvalue weighted by Crippen LogP contribution is -2.28. The number of carboxylic acid groups (broad SMARTS) is 1. The van der Waals surface area contributed by atoms with Gasteiger partial charge in [0.1, 0.15) is 5.75 Å². The second-order valence-corrected chi connectivity index (χ2v) is 5.13. The van der Waals surface area contributed by atoms with E-state index in [0.717, 1.165) is 22.2 Å². The van der Waals surface area contributed by atoms with Crippen LogP contribution in [0.15, 0.2) is 22.7 Å². The molecule has 1 saturated heterocycles. The molecule has 0 saturated carbocycles. The van der Waals surface area contributed by atoms with E-state index in [0.29, 0.717) is 13.0 Å². The Morgan fingerprint density at radius 2 is 2.33 bits per heavy atom.